The molecule has 0 saturated carbocycles. The van der Waals surface area contributed by atoms with Crippen LogP contribution in [0.4, 0.5) is 5.82 Å². The number of hydrogen-bond acceptors (Lipinski definition) is 6. The molecule has 0 aliphatic rings. The molecule has 0 radical (unpaired) electrons. The van der Waals surface area contributed by atoms with E-state index in [1.165, 1.54) is 4.90 Å². The number of aliphatic hydroxyl groups excluding tert-OH is 1. The predicted octanol–water partition coefficient (Wildman–Crippen LogP) is 2.66. The summed E-state index contributed by atoms with van der Waals surface area (Å²) >= 11 is 0. The summed E-state index contributed by atoms with van der Waals surface area (Å²) in [7, 11) is 1.63. The van der Waals surface area contributed by atoms with Crippen LogP contribution >= 0.6 is 0 Å². The van der Waals surface area contributed by atoms with E-state index >= 15 is 0 Å². The van der Waals surface area contributed by atoms with E-state index in [1.54, 1.807) is 19.4 Å². The number of nitrogen functional groups attached to an aromatic ring is 1. The molecule has 1 atom stereocenters. The summed E-state index contributed by atoms with van der Waals surface area (Å²) in [5.41, 5.74) is 9.21. The van der Waals surface area contributed by atoms with Crippen molar-refractivity contribution < 1.29 is 9.90 Å². The van der Waals surface area contributed by atoms with Gasteiger partial charge in [0.1, 0.15) is 11.3 Å². The lowest BCUT2D eigenvalue weighted by Gasteiger charge is -2.15. The molecule has 3 aromatic rings. The molecule has 2 aromatic heterocycles. The molecule has 0 bridgehead atoms. The van der Waals surface area contributed by atoms with Crippen LogP contribution in [0.25, 0.3) is 22.3 Å². The van der Waals surface area contributed by atoms with Crippen molar-refractivity contribution in [3.05, 3.63) is 47.8 Å². The average molecular weight is 418 g/mol. The highest BCUT2D eigenvalue weighted by Crippen LogP contribution is 2.26. The quantitative estimate of drug-likeness (QED) is 0.619. The Balaban J connectivity index is 2.04. The first-order chi connectivity index (χ1) is 14.8. The molecule has 1 aromatic carbocycles. The number of nitrogens with zero attached hydrogens (tertiary/aromatic N) is 4. The van der Waals surface area contributed by atoms with Gasteiger partial charge in [0.15, 0.2) is 11.9 Å². The average Bonchev–Trinajstić information content (AvgIpc) is 2.76. The summed E-state index contributed by atoms with van der Waals surface area (Å²) in [6.07, 6.45) is 2.83. The minimum absolute atomic E-state index is 0.351. The van der Waals surface area contributed by atoms with Crippen LogP contribution < -0.4 is 5.73 Å². The summed E-state index contributed by atoms with van der Waals surface area (Å²) in [6.45, 7) is 6.63. The van der Waals surface area contributed by atoms with Gasteiger partial charge in [-0.25, -0.2) is 15.0 Å². The van der Waals surface area contributed by atoms with Crippen LogP contribution in [0.2, 0.25) is 0 Å². The Bertz CT molecular complexity index is 1160. The number of fused-ring (bicyclic) bond motifs is 1. The molecule has 0 fully saturated rings. The molecule has 7 nitrogen and oxygen atoms in total. The van der Waals surface area contributed by atoms with E-state index in [2.05, 4.69) is 40.6 Å². The number of likely N-dealkylation sites (N-methyl/N-ethyl adjacent to an activating group) is 1. The Morgan fingerprint density at radius 1 is 1.26 bits per heavy atom. The zero-order chi connectivity index (χ0) is 22.5. The van der Waals surface area contributed by atoms with Crippen molar-refractivity contribution in [3.63, 3.8) is 0 Å². The fraction of sp³-hybridized carbons (Fsp3) is 0.333. The van der Waals surface area contributed by atoms with Crippen LogP contribution in [0.5, 0.6) is 0 Å². The molecular formula is C24H27N5O2. The summed E-state index contributed by atoms with van der Waals surface area (Å²) in [4.78, 5) is 26.8. The van der Waals surface area contributed by atoms with E-state index < -0.39 is 12.0 Å². The highest BCUT2D eigenvalue weighted by molar-refractivity contribution is 5.87. The van der Waals surface area contributed by atoms with Crippen molar-refractivity contribution in [3.8, 4) is 23.2 Å². The number of carbonyl (C=O) groups is 1. The van der Waals surface area contributed by atoms with E-state index in [9.17, 15) is 9.90 Å². The standard InChI is InChI=1S/C24H27N5O2/c1-5-29(4)24(31)20(30)9-7-16-6-8-17(12-15(2)3)19(13-16)23-27-14-18-10-11-26-22(25)21(18)28-23/h6,8,10-11,13-15,20,30H,5,12H2,1-4H3,(H2,25,26)/t20-/m1/s1. The van der Waals surface area contributed by atoms with Gasteiger partial charge in [-0.15, -0.1) is 0 Å². The molecule has 3 rings (SSSR count). The van der Waals surface area contributed by atoms with Gasteiger partial charge in [-0.2, -0.15) is 0 Å². The molecule has 160 valence electrons. The third kappa shape index (κ3) is 5.16. The SMILES string of the molecule is CCN(C)C(=O)[C@H](O)C#Cc1ccc(CC(C)C)c(-c2ncc3ccnc(N)c3n2)c1. The Hall–Kier alpha value is -3.50. The minimum Gasteiger partial charge on any atom is -0.382 e. The van der Waals surface area contributed by atoms with Crippen LogP contribution in [-0.2, 0) is 11.2 Å². The topological polar surface area (TPSA) is 105 Å². The molecule has 31 heavy (non-hydrogen) atoms. The number of aromatic nitrogens is 3. The number of anilines is 1. The number of amides is 1. The van der Waals surface area contributed by atoms with Crippen LogP contribution in [0.1, 0.15) is 31.9 Å². The van der Waals surface area contributed by atoms with Gasteiger partial charge in [-0.3, -0.25) is 4.79 Å². The van der Waals surface area contributed by atoms with Crippen LogP contribution in [0.15, 0.2) is 36.7 Å². The lowest BCUT2D eigenvalue weighted by molar-refractivity contribution is -0.135. The van der Waals surface area contributed by atoms with Crippen LogP contribution in [0.3, 0.4) is 0 Å². The molecule has 0 spiro atoms. The monoisotopic (exact) mass is 417 g/mol. The fourth-order valence-electron chi connectivity index (χ4n) is 3.17. The maximum absolute atomic E-state index is 12.1. The van der Waals surface area contributed by atoms with Gasteiger partial charge in [0.05, 0.1) is 0 Å². The third-order valence-corrected chi connectivity index (χ3v) is 4.94. The Morgan fingerprint density at radius 3 is 2.74 bits per heavy atom. The molecule has 1 amide bonds. The smallest absolute Gasteiger partial charge is 0.263 e. The third-order valence-electron chi connectivity index (χ3n) is 4.94. The second-order valence-corrected chi connectivity index (χ2v) is 7.82. The normalized spacial score (nSPS) is 11.8. The number of carbonyl (C=O) groups excluding carboxylic acids is 1. The predicted molar refractivity (Wildman–Crippen MR) is 122 cm³/mol. The maximum atomic E-state index is 12.1. The second-order valence-electron chi connectivity index (χ2n) is 7.82. The molecule has 0 aliphatic carbocycles. The van der Waals surface area contributed by atoms with Gasteiger partial charge < -0.3 is 15.7 Å². The van der Waals surface area contributed by atoms with Crippen molar-refractivity contribution in [2.45, 2.75) is 33.3 Å². The number of benzene rings is 1. The zero-order valence-corrected chi connectivity index (χ0v) is 18.3. The number of nitrogens with two attached hydrogens (primary N) is 1. The highest BCUT2D eigenvalue weighted by atomic mass is 16.3. The van der Waals surface area contributed by atoms with Crippen LogP contribution in [-0.4, -0.2) is 50.6 Å². The fourth-order valence-corrected chi connectivity index (χ4v) is 3.17. The highest BCUT2D eigenvalue weighted by Gasteiger charge is 2.16. The van der Waals surface area contributed by atoms with Crippen molar-refractivity contribution in [1.29, 1.82) is 0 Å². The van der Waals surface area contributed by atoms with Gasteiger partial charge in [0.25, 0.3) is 5.91 Å². The van der Waals surface area contributed by atoms with E-state index in [1.807, 2.05) is 31.2 Å². The number of aliphatic hydroxyl groups is 1. The van der Waals surface area contributed by atoms with E-state index in [0.717, 1.165) is 22.9 Å². The van der Waals surface area contributed by atoms with E-state index in [0.29, 0.717) is 35.2 Å². The lowest BCUT2D eigenvalue weighted by Crippen LogP contribution is -2.35. The summed E-state index contributed by atoms with van der Waals surface area (Å²) in [6, 6.07) is 7.58. The Kier molecular flexibility index (Phi) is 6.83. The molecule has 3 N–H and O–H groups in total. The molecule has 2 heterocycles. The van der Waals surface area contributed by atoms with Crippen molar-refractivity contribution >= 4 is 22.6 Å². The minimum atomic E-state index is -1.37. The van der Waals surface area contributed by atoms with E-state index in [-0.39, 0.29) is 0 Å². The molecule has 7 heteroatoms. The Labute approximate surface area is 182 Å². The van der Waals surface area contributed by atoms with Gasteiger partial charge >= 0.3 is 0 Å². The first-order valence-electron chi connectivity index (χ1n) is 10.2. The number of rotatable bonds is 5. The first kappa shape index (κ1) is 22.2. The molecular weight excluding hydrogens is 390 g/mol. The molecule has 0 unspecified atom stereocenters. The van der Waals surface area contributed by atoms with Crippen molar-refractivity contribution in [2.75, 3.05) is 19.3 Å². The van der Waals surface area contributed by atoms with Crippen molar-refractivity contribution in [2.24, 2.45) is 5.92 Å². The maximum Gasteiger partial charge on any atom is 0.263 e. The largest absolute Gasteiger partial charge is 0.382 e. The van der Waals surface area contributed by atoms with Crippen LogP contribution in [0, 0.1) is 17.8 Å². The second kappa shape index (κ2) is 9.54. The Morgan fingerprint density at radius 2 is 2.03 bits per heavy atom. The van der Waals surface area contributed by atoms with Crippen molar-refractivity contribution in [1.82, 2.24) is 19.9 Å². The number of hydrogen-bond donors (Lipinski definition) is 2. The summed E-state index contributed by atoms with van der Waals surface area (Å²) in [5.74, 6) is 6.44. The zero-order valence-electron chi connectivity index (χ0n) is 18.3. The van der Waals surface area contributed by atoms with Gasteiger partial charge in [0.2, 0.25) is 0 Å². The van der Waals surface area contributed by atoms with Gasteiger partial charge in [-0.05, 0) is 43.0 Å². The molecule has 0 saturated heterocycles. The summed E-state index contributed by atoms with van der Waals surface area (Å²) in [5, 5.41) is 10.9. The van der Waals surface area contributed by atoms with Gasteiger partial charge in [0, 0.05) is 42.5 Å². The lowest BCUT2D eigenvalue weighted by atomic mass is 9.95. The summed E-state index contributed by atoms with van der Waals surface area (Å²) < 4.78 is 0. The van der Waals surface area contributed by atoms with E-state index in [4.69, 9.17) is 5.73 Å². The van der Waals surface area contributed by atoms with Gasteiger partial charge in [-0.1, -0.05) is 31.8 Å². The first-order valence-corrected chi connectivity index (χ1v) is 10.2. The number of pyridine rings is 1. The molecule has 0 aliphatic heterocycles.